The van der Waals surface area contributed by atoms with E-state index in [-0.39, 0.29) is 12.7 Å². The lowest BCUT2D eigenvalue weighted by molar-refractivity contribution is -0.115. The average Bonchev–Trinajstić information content (AvgIpc) is 3.01. The molecule has 2 aromatic rings. The summed E-state index contributed by atoms with van der Waals surface area (Å²) >= 11 is 1.77. The van der Waals surface area contributed by atoms with Crippen LogP contribution in [-0.4, -0.2) is 18.5 Å². The Morgan fingerprint density at radius 1 is 1.13 bits per heavy atom. The van der Waals surface area contributed by atoms with E-state index in [1.807, 2.05) is 12.1 Å². The number of hydrogen-bond acceptors (Lipinski definition) is 4. The third kappa shape index (κ3) is 4.42. The highest BCUT2D eigenvalue weighted by Crippen LogP contribution is 2.34. The van der Waals surface area contributed by atoms with Gasteiger partial charge in [-0.1, -0.05) is 29.8 Å². The Bertz CT molecular complexity index is 685. The first kappa shape index (κ1) is 15.7. The molecule has 4 nitrogen and oxygen atoms in total. The third-order valence-corrected chi connectivity index (χ3v) is 4.55. The highest BCUT2D eigenvalue weighted by Gasteiger charge is 2.14. The molecule has 0 unspecified atom stereocenters. The van der Waals surface area contributed by atoms with E-state index < -0.39 is 0 Å². The first-order valence-corrected chi connectivity index (χ1v) is 8.69. The second kappa shape index (κ2) is 7.42. The molecule has 3 rings (SSSR count). The maximum atomic E-state index is 12.0. The molecule has 5 heteroatoms. The number of fused-ring (bicyclic) bond motifs is 1. The molecule has 120 valence electrons. The molecule has 1 aliphatic rings. The second-order valence-corrected chi connectivity index (χ2v) is 6.51. The summed E-state index contributed by atoms with van der Waals surface area (Å²) in [5.74, 6) is 3.13. The van der Waals surface area contributed by atoms with E-state index in [9.17, 15) is 4.79 Å². The SMILES string of the molecule is Cc1ccc(CSCCC(=O)Nc2ccc3c(c2)OCO3)cc1. The quantitative estimate of drug-likeness (QED) is 0.814. The number of rotatable bonds is 6. The number of hydrogen-bond donors (Lipinski definition) is 1. The van der Waals surface area contributed by atoms with Crippen molar-refractivity contribution in [3.63, 3.8) is 0 Å². The molecule has 1 amide bonds. The maximum Gasteiger partial charge on any atom is 0.231 e. The van der Waals surface area contributed by atoms with Gasteiger partial charge in [-0.05, 0) is 24.6 Å². The van der Waals surface area contributed by atoms with Crippen molar-refractivity contribution in [3.05, 3.63) is 53.6 Å². The van der Waals surface area contributed by atoms with Crippen LogP contribution in [0.2, 0.25) is 0 Å². The second-order valence-electron chi connectivity index (χ2n) is 5.40. The molecule has 0 aromatic heterocycles. The van der Waals surface area contributed by atoms with Crippen LogP contribution in [0, 0.1) is 6.92 Å². The number of carbonyl (C=O) groups excluding carboxylic acids is 1. The van der Waals surface area contributed by atoms with Gasteiger partial charge in [-0.3, -0.25) is 4.79 Å². The van der Waals surface area contributed by atoms with E-state index in [0.717, 1.165) is 22.9 Å². The predicted octanol–water partition coefficient (Wildman–Crippen LogP) is 3.99. The molecule has 1 N–H and O–H groups in total. The summed E-state index contributed by atoms with van der Waals surface area (Å²) in [4.78, 5) is 12.0. The smallest absolute Gasteiger partial charge is 0.231 e. The standard InChI is InChI=1S/C18H19NO3S/c1-13-2-4-14(5-3-13)11-23-9-8-18(20)19-15-6-7-16-17(10-15)22-12-21-16/h2-7,10H,8-9,11-12H2,1H3,(H,19,20). The molecule has 0 fully saturated rings. The molecule has 0 saturated heterocycles. The molecular weight excluding hydrogens is 310 g/mol. The van der Waals surface area contributed by atoms with Crippen LogP contribution < -0.4 is 14.8 Å². The number of amides is 1. The minimum Gasteiger partial charge on any atom is -0.454 e. The Morgan fingerprint density at radius 3 is 2.74 bits per heavy atom. The Balaban J connectivity index is 1.40. The Kier molecular flexibility index (Phi) is 5.08. The van der Waals surface area contributed by atoms with Crippen molar-refractivity contribution in [3.8, 4) is 11.5 Å². The molecule has 0 atom stereocenters. The van der Waals surface area contributed by atoms with Crippen LogP contribution in [0.4, 0.5) is 5.69 Å². The molecule has 23 heavy (non-hydrogen) atoms. The molecule has 1 heterocycles. The van der Waals surface area contributed by atoms with E-state index in [4.69, 9.17) is 9.47 Å². The first-order valence-electron chi connectivity index (χ1n) is 7.53. The molecule has 1 aliphatic heterocycles. The van der Waals surface area contributed by atoms with Gasteiger partial charge in [-0.15, -0.1) is 0 Å². The molecule has 0 radical (unpaired) electrons. The number of aryl methyl sites for hydroxylation is 1. The number of thioether (sulfide) groups is 1. The van der Waals surface area contributed by atoms with Gasteiger partial charge in [0.25, 0.3) is 0 Å². The van der Waals surface area contributed by atoms with Gasteiger partial charge in [0.15, 0.2) is 11.5 Å². The van der Waals surface area contributed by atoms with Crippen LogP contribution in [-0.2, 0) is 10.5 Å². The van der Waals surface area contributed by atoms with Gasteiger partial charge in [0.05, 0.1) is 0 Å². The summed E-state index contributed by atoms with van der Waals surface area (Å²) in [6, 6.07) is 13.9. The summed E-state index contributed by atoms with van der Waals surface area (Å²) < 4.78 is 10.5. The predicted molar refractivity (Wildman–Crippen MR) is 93.2 cm³/mol. The monoisotopic (exact) mass is 329 g/mol. The average molecular weight is 329 g/mol. The summed E-state index contributed by atoms with van der Waals surface area (Å²) in [5, 5.41) is 2.89. The van der Waals surface area contributed by atoms with Crippen molar-refractivity contribution >= 4 is 23.4 Å². The highest BCUT2D eigenvalue weighted by atomic mass is 32.2. The van der Waals surface area contributed by atoms with Crippen LogP contribution in [0.1, 0.15) is 17.5 Å². The zero-order valence-corrected chi connectivity index (χ0v) is 13.8. The van der Waals surface area contributed by atoms with Gasteiger partial charge >= 0.3 is 0 Å². The molecule has 0 spiro atoms. The van der Waals surface area contributed by atoms with Gasteiger partial charge in [0.1, 0.15) is 0 Å². The molecule has 2 aromatic carbocycles. The van der Waals surface area contributed by atoms with Crippen LogP contribution in [0.5, 0.6) is 11.5 Å². The van der Waals surface area contributed by atoms with E-state index >= 15 is 0 Å². The van der Waals surface area contributed by atoms with Gasteiger partial charge in [0.2, 0.25) is 12.7 Å². The normalized spacial score (nSPS) is 12.2. The largest absolute Gasteiger partial charge is 0.454 e. The van der Waals surface area contributed by atoms with E-state index in [0.29, 0.717) is 12.2 Å². The number of nitrogens with one attached hydrogen (secondary N) is 1. The third-order valence-electron chi connectivity index (χ3n) is 3.52. The molecule has 0 aliphatic carbocycles. The lowest BCUT2D eigenvalue weighted by Gasteiger charge is -2.06. The fourth-order valence-corrected chi connectivity index (χ4v) is 3.14. The minimum absolute atomic E-state index is 0.0141. The first-order chi connectivity index (χ1) is 11.2. The van der Waals surface area contributed by atoms with Gasteiger partial charge in [-0.2, -0.15) is 11.8 Å². The van der Waals surface area contributed by atoms with Crippen molar-refractivity contribution in [1.29, 1.82) is 0 Å². The number of ether oxygens (including phenoxy) is 2. The lowest BCUT2D eigenvalue weighted by Crippen LogP contribution is -2.12. The summed E-state index contributed by atoms with van der Waals surface area (Å²) in [7, 11) is 0. The Labute approximate surface area is 140 Å². The zero-order valence-electron chi connectivity index (χ0n) is 13.0. The molecular formula is C18H19NO3S. The van der Waals surface area contributed by atoms with E-state index in [1.165, 1.54) is 11.1 Å². The summed E-state index contributed by atoms with van der Waals surface area (Å²) in [5.41, 5.74) is 3.29. The summed E-state index contributed by atoms with van der Waals surface area (Å²) in [6.45, 7) is 2.32. The van der Waals surface area contributed by atoms with Crippen molar-refractivity contribution in [2.24, 2.45) is 0 Å². The number of benzene rings is 2. The Morgan fingerprint density at radius 2 is 1.91 bits per heavy atom. The van der Waals surface area contributed by atoms with Crippen molar-refractivity contribution < 1.29 is 14.3 Å². The van der Waals surface area contributed by atoms with Gasteiger partial charge in [-0.25, -0.2) is 0 Å². The van der Waals surface area contributed by atoms with E-state index in [2.05, 4.69) is 36.5 Å². The molecule has 0 bridgehead atoms. The van der Waals surface area contributed by atoms with Crippen LogP contribution in [0.3, 0.4) is 0 Å². The number of anilines is 1. The maximum absolute atomic E-state index is 12.0. The summed E-state index contributed by atoms with van der Waals surface area (Å²) in [6.07, 6.45) is 0.491. The van der Waals surface area contributed by atoms with Crippen LogP contribution >= 0.6 is 11.8 Å². The van der Waals surface area contributed by atoms with Crippen LogP contribution in [0.25, 0.3) is 0 Å². The lowest BCUT2D eigenvalue weighted by atomic mass is 10.2. The van der Waals surface area contributed by atoms with Crippen molar-refractivity contribution in [2.75, 3.05) is 17.9 Å². The highest BCUT2D eigenvalue weighted by molar-refractivity contribution is 7.98. The zero-order chi connectivity index (χ0) is 16.1. The van der Waals surface area contributed by atoms with Crippen LogP contribution in [0.15, 0.2) is 42.5 Å². The number of carbonyl (C=O) groups is 1. The van der Waals surface area contributed by atoms with Crippen molar-refractivity contribution in [2.45, 2.75) is 19.1 Å². The van der Waals surface area contributed by atoms with E-state index in [1.54, 1.807) is 17.8 Å². The topological polar surface area (TPSA) is 47.6 Å². The fourth-order valence-electron chi connectivity index (χ4n) is 2.24. The Hall–Kier alpha value is -2.14. The van der Waals surface area contributed by atoms with Gasteiger partial charge in [0, 0.05) is 29.7 Å². The fraction of sp³-hybridized carbons (Fsp3) is 0.278. The minimum atomic E-state index is 0.0141. The van der Waals surface area contributed by atoms with Gasteiger partial charge < -0.3 is 14.8 Å². The molecule has 0 saturated carbocycles. The van der Waals surface area contributed by atoms with Crippen molar-refractivity contribution in [1.82, 2.24) is 0 Å².